The van der Waals surface area contributed by atoms with E-state index in [0.29, 0.717) is 0 Å². The second kappa shape index (κ2) is 4.53. The SMILES string of the molecule is Cc1cc(Br)ccc1N1C(C)(C)CNCC1(C)C. The van der Waals surface area contributed by atoms with Crippen LogP contribution in [0.5, 0.6) is 0 Å². The van der Waals surface area contributed by atoms with E-state index in [0.717, 1.165) is 17.6 Å². The number of rotatable bonds is 1. The quantitative estimate of drug-likeness (QED) is 0.850. The highest BCUT2D eigenvalue weighted by molar-refractivity contribution is 9.10. The lowest BCUT2D eigenvalue weighted by Gasteiger charge is -2.55. The molecule has 0 spiro atoms. The Morgan fingerprint density at radius 3 is 2.17 bits per heavy atom. The van der Waals surface area contributed by atoms with Crippen LogP contribution in [0.25, 0.3) is 0 Å². The Kier molecular flexibility index (Phi) is 3.50. The van der Waals surface area contributed by atoms with Crippen LogP contribution in [0, 0.1) is 6.92 Å². The van der Waals surface area contributed by atoms with Crippen molar-refractivity contribution in [3.05, 3.63) is 28.2 Å². The van der Waals surface area contributed by atoms with Gasteiger partial charge in [-0.25, -0.2) is 0 Å². The van der Waals surface area contributed by atoms with Crippen LogP contribution in [0.4, 0.5) is 5.69 Å². The first kappa shape index (κ1) is 13.9. The Morgan fingerprint density at radius 1 is 1.11 bits per heavy atom. The average molecular weight is 311 g/mol. The van der Waals surface area contributed by atoms with E-state index in [-0.39, 0.29) is 11.1 Å². The Morgan fingerprint density at radius 2 is 1.67 bits per heavy atom. The summed E-state index contributed by atoms with van der Waals surface area (Å²) in [6.07, 6.45) is 0. The summed E-state index contributed by atoms with van der Waals surface area (Å²) in [7, 11) is 0. The summed E-state index contributed by atoms with van der Waals surface area (Å²) in [6, 6.07) is 6.56. The first-order valence-corrected chi connectivity index (χ1v) is 7.31. The van der Waals surface area contributed by atoms with E-state index in [4.69, 9.17) is 0 Å². The molecule has 3 heteroatoms. The van der Waals surface area contributed by atoms with E-state index in [1.807, 2.05) is 0 Å². The Bertz CT molecular complexity index is 436. The molecule has 1 fully saturated rings. The minimum Gasteiger partial charge on any atom is -0.359 e. The van der Waals surface area contributed by atoms with Gasteiger partial charge in [0.25, 0.3) is 0 Å². The van der Waals surface area contributed by atoms with Crippen molar-refractivity contribution in [2.24, 2.45) is 0 Å². The third-order valence-electron chi connectivity index (χ3n) is 3.73. The molecule has 0 bridgehead atoms. The lowest BCUT2D eigenvalue weighted by Crippen LogP contribution is -2.68. The molecule has 0 atom stereocenters. The molecule has 0 saturated carbocycles. The van der Waals surface area contributed by atoms with Crippen molar-refractivity contribution in [2.45, 2.75) is 45.7 Å². The number of nitrogens with one attached hydrogen (secondary N) is 1. The van der Waals surface area contributed by atoms with Crippen molar-refractivity contribution >= 4 is 21.6 Å². The van der Waals surface area contributed by atoms with Gasteiger partial charge in [-0.2, -0.15) is 0 Å². The monoisotopic (exact) mass is 310 g/mol. The van der Waals surface area contributed by atoms with E-state index in [1.165, 1.54) is 11.3 Å². The molecule has 1 aromatic rings. The summed E-state index contributed by atoms with van der Waals surface area (Å²) in [5.41, 5.74) is 2.92. The highest BCUT2D eigenvalue weighted by Crippen LogP contribution is 2.37. The molecular weight excluding hydrogens is 288 g/mol. The molecule has 2 nitrogen and oxygen atoms in total. The molecule has 1 N–H and O–H groups in total. The van der Waals surface area contributed by atoms with Gasteiger partial charge in [-0.1, -0.05) is 15.9 Å². The molecule has 1 aliphatic rings. The molecule has 1 heterocycles. The summed E-state index contributed by atoms with van der Waals surface area (Å²) < 4.78 is 1.15. The second-order valence-corrected chi connectivity index (χ2v) is 7.41. The van der Waals surface area contributed by atoms with Gasteiger partial charge in [0.15, 0.2) is 0 Å². The standard InChI is InChI=1S/C15H23BrN2/c1-11-8-12(16)6-7-13(11)18-14(2,3)9-17-10-15(18,4)5/h6-8,17H,9-10H2,1-5H3. The fourth-order valence-corrected chi connectivity index (χ4v) is 3.65. The van der Waals surface area contributed by atoms with E-state index in [9.17, 15) is 0 Å². The van der Waals surface area contributed by atoms with Crippen LogP contribution in [-0.2, 0) is 0 Å². The summed E-state index contributed by atoms with van der Waals surface area (Å²) in [4.78, 5) is 2.57. The van der Waals surface area contributed by atoms with Crippen LogP contribution in [0.15, 0.2) is 22.7 Å². The summed E-state index contributed by atoms with van der Waals surface area (Å²) in [5, 5.41) is 3.54. The van der Waals surface area contributed by atoms with Crippen molar-refractivity contribution in [3.63, 3.8) is 0 Å². The van der Waals surface area contributed by atoms with Gasteiger partial charge >= 0.3 is 0 Å². The van der Waals surface area contributed by atoms with Crippen LogP contribution in [0.2, 0.25) is 0 Å². The van der Waals surface area contributed by atoms with Gasteiger partial charge in [-0.05, 0) is 58.4 Å². The predicted octanol–water partition coefficient (Wildman–Crippen LogP) is 3.72. The summed E-state index contributed by atoms with van der Waals surface area (Å²) >= 11 is 3.55. The van der Waals surface area contributed by atoms with Crippen LogP contribution >= 0.6 is 15.9 Å². The fourth-order valence-electron chi connectivity index (χ4n) is 3.17. The van der Waals surface area contributed by atoms with E-state index in [1.54, 1.807) is 0 Å². The van der Waals surface area contributed by atoms with Crippen LogP contribution in [-0.4, -0.2) is 24.2 Å². The van der Waals surface area contributed by atoms with Gasteiger partial charge in [-0.15, -0.1) is 0 Å². The first-order chi connectivity index (χ1) is 8.24. The molecule has 0 aromatic heterocycles. The number of benzene rings is 1. The molecule has 0 amide bonds. The van der Waals surface area contributed by atoms with E-state index in [2.05, 4.69) is 79.0 Å². The highest BCUT2D eigenvalue weighted by Gasteiger charge is 2.41. The van der Waals surface area contributed by atoms with Crippen molar-refractivity contribution in [2.75, 3.05) is 18.0 Å². The van der Waals surface area contributed by atoms with Gasteiger partial charge < -0.3 is 10.2 Å². The molecular formula is C15H23BrN2. The Hall–Kier alpha value is -0.540. The smallest absolute Gasteiger partial charge is 0.0476 e. The van der Waals surface area contributed by atoms with Crippen molar-refractivity contribution in [3.8, 4) is 0 Å². The molecule has 0 radical (unpaired) electrons. The topological polar surface area (TPSA) is 15.3 Å². The summed E-state index contributed by atoms with van der Waals surface area (Å²) in [5.74, 6) is 0. The minimum atomic E-state index is 0.125. The predicted molar refractivity (Wildman–Crippen MR) is 82.4 cm³/mol. The van der Waals surface area contributed by atoms with Gasteiger partial charge in [0.2, 0.25) is 0 Å². The van der Waals surface area contributed by atoms with Crippen molar-refractivity contribution in [1.82, 2.24) is 5.32 Å². The minimum absolute atomic E-state index is 0.125. The summed E-state index contributed by atoms with van der Waals surface area (Å²) in [6.45, 7) is 13.5. The van der Waals surface area contributed by atoms with Gasteiger partial charge in [0, 0.05) is 34.3 Å². The van der Waals surface area contributed by atoms with Crippen LogP contribution < -0.4 is 10.2 Å². The van der Waals surface area contributed by atoms with Gasteiger partial charge in [0.05, 0.1) is 0 Å². The Balaban J connectivity index is 2.51. The molecule has 2 rings (SSSR count). The molecule has 1 aromatic carbocycles. The number of hydrogen-bond acceptors (Lipinski definition) is 2. The normalized spacial score (nSPS) is 22.0. The zero-order valence-corrected chi connectivity index (χ0v) is 13.6. The lowest BCUT2D eigenvalue weighted by molar-refractivity contribution is 0.263. The lowest BCUT2D eigenvalue weighted by atomic mass is 9.87. The zero-order valence-electron chi connectivity index (χ0n) is 12.0. The zero-order chi connectivity index (χ0) is 13.6. The second-order valence-electron chi connectivity index (χ2n) is 6.49. The molecule has 100 valence electrons. The van der Waals surface area contributed by atoms with Crippen molar-refractivity contribution < 1.29 is 0 Å². The fraction of sp³-hybridized carbons (Fsp3) is 0.600. The number of anilines is 1. The highest BCUT2D eigenvalue weighted by atomic mass is 79.9. The first-order valence-electron chi connectivity index (χ1n) is 6.51. The molecule has 1 saturated heterocycles. The third kappa shape index (κ3) is 2.43. The largest absolute Gasteiger partial charge is 0.359 e. The van der Waals surface area contributed by atoms with Crippen LogP contribution in [0.1, 0.15) is 33.3 Å². The van der Waals surface area contributed by atoms with Crippen LogP contribution in [0.3, 0.4) is 0 Å². The number of hydrogen-bond donors (Lipinski definition) is 1. The van der Waals surface area contributed by atoms with Gasteiger partial charge in [-0.3, -0.25) is 0 Å². The Labute approximate surface area is 119 Å². The molecule has 0 unspecified atom stereocenters. The molecule has 18 heavy (non-hydrogen) atoms. The number of piperazine rings is 1. The number of halogens is 1. The van der Waals surface area contributed by atoms with Crippen molar-refractivity contribution in [1.29, 1.82) is 0 Å². The number of nitrogens with zero attached hydrogens (tertiary/aromatic N) is 1. The number of aryl methyl sites for hydroxylation is 1. The maximum Gasteiger partial charge on any atom is 0.0476 e. The van der Waals surface area contributed by atoms with E-state index >= 15 is 0 Å². The molecule has 1 aliphatic heterocycles. The third-order valence-corrected chi connectivity index (χ3v) is 4.22. The average Bonchev–Trinajstić information content (AvgIpc) is 2.19. The maximum atomic E-state index is 3.55. The van der Waals surface area contributed by atoms with Gasteiger partial charge in [0.1, 0.15) is 0 Å². The maximum absolute atomic E-state index is 3.55. The van der Waals surface area contributed by atoms with E-state index < -0.39 is 0 Å². The molecule has 0 aliphatic carbocycles.